The zero-order valence-electron chi connectivity index (χ0n) is 25.1. The van der Waals surface area contributed by atoms with Gasteiger partial charge in [-0.1, -0.05) is 95.8 Å². The predicted octanol–water partition coefficient (Wildman–Crippen LogP) is 6.47. The summed E-state index contributed by atoms with van der Waals surface area (Å²) >= 11 is 0. The van der Waals surface area contributed by atoms with Gasteiger partial charge >= 0.3 is 13.6 Å². The second-order valence-corrected chi connectivity index (χ2v) is 13.4. The number of para-hydroxylation sites is 1. The number of hydrogen-bond donors (Lipinski definition) is 2. The van der Waals surface area contributed by atoms with Crippen molar-refractivity contribution >= 4 is 13.6 Å². The number of carbonyl (C=O) groups excluding carboxylic acids is 1. The van der Waals surface area contributed by atoms with E-state index in [1.807, 2.05) is 24.3 Å². The Bertz CT molecular complexity index is 843. The quantitative estimate of drug-likeness (QED) is 0.0671. The summed E-state index contributed by atoms with van der Waals surface area (Å²) in [5, 5.41) is 9.67. The van der Waals surface area contributed by atoms with Crippen LogP contribution in [0.1, 0.15) is 96.5 Å². The Balaban J connectivity index is 2.50. The van der Waals surface area contributed by atoms with Crippen molar-refractivity contribution in [2.45, 2.75) is 109 Å². The van der Waals surface area contributed by atoms with E-state index in [-0.39, 0.29) is 17.5 Å². The molecule has 0 aromatic heterocycles. The molecule has 0 saturated carbocycles. The standard InChI is InChI=1S/C30H54NO7P/c1-6-7-8-9-10-11-12-13-14-15-16-19-22-36-29-21-18-17-20-27(29)23-28(38-26(2)33)25-37-39(34,35)30(24-32)31(3,4)5/h17-18,20-21,28,30,32H,6-16,19,22-25H2,1-5H3/p+1. The molecule has 0 heterocycles. The van der Waals surface area contributed by atoms with Gasteiger partial charge in [-0.25, -0.2) is 0 Å². The van der Waals surface area contributed by atoms with E-state index >= 15 is 0 Å². The molecular formula is C30H55NO7P+. The van der Waals surface area contributed by atoms with Crippen molar-refractivity contribution in [2.75, 3.05) is 41.0 Å². The van der Waals surface area contributed by atoms with Crippen molar-refractivity contribution in [2.24, 2.45) is 0 Å². The van der Waals surface area contributed by atoms with Gasteiger partial charge in [0.05, 0.1) is 34.4 Å². The van der Waals surface area contributed by atoms with Crippen molar-refractivity contribution in [3.05, 3.63) is 29.8 Å². The molecule has 0 aliphatic heterocycles. The Kier molecular flexibility index (Phi) is 17.9. The third-order valence-electron chi connectivity index (χ3n) is 6.89. The molecule has 1 aromatic rings. The zero-order valence-corrected chi connectivity index (χ0v) is 26.0. The molecule has 1 rings (SSSR count). The van der Waals surface area contributed by atoms with Crippen molar-refractivity contribution in [3.8, 4) is 5.75 Å². The van der Waals surface area contributed by atoms with Gasteiger partial charge in [0.25, 0.3) is 0 Å². The van der Waals surface area contributed by atoms with Crippen molar-refractivity contribution in [1.82, 2.24) is 0 Å². The highest BCUT2D eigenvalue weighted by Crippen LogP contribution is 2.50. The van der Waals surface area contributed by atoms with Crippen LogP contribution < -0.4 is 4.74 Å². The lowest BCUT2D eigenvalue weighted by Crippen LogP contribution is -2.47. The number of rotatable bonds is 23. The number of esters is 1. The fourth-order valence-electron chi connectivity index (χ4n) is 4.61. The molecule has 0 amide bonds. The van der Waals surface area contributed by atoms with E-state index in [0.29, 0.717) is 12.4 Å². The van der Waals surface area contributed by atoms with Gasteiger partial charge in [0.15, 0.2) is 0 Å². The zero-order chi connectivity index (χ0) is 29.2. The summed E-state index contributed by atoms with van der Waals surface area (Å²) < 4.78 is 29.7. The molecule has 0 bridgehead atoms. The second kappa shape index (κ2) is 19.6. The molecule has 0 fully saturated rings. The first kappa shape index (κ1) is 35.6. The smallest absolute Gasteiger partial charge is 0.387 e. The normalized spacial score (nSPS) is 14.9. The van der Waals surface area contributed by atoms with Gasteiger partial charge in [-0.3, -0.25) is 9.36 Å². The van der Waals surface area contributed by atoms with E-state index in [0.717, 1.165) is 18.4 Å². The Hall–Kier alpha value is -1.44. The number of benzene rings is 1. The third-order valence-corrected chi connectivity index (χ3v) is 9.02. The molecule has 1 aromatic carbocycles. The lowest BCUT2D eigenvalue weighted by Gasteiger charge is -2.34. The molecule has 0 radical (unpaired) electrons. The van der Waals surface area contributed by atoms with Gasteiger partial charge in [-0.15, -0.1) is 0 Å². The van der Waals surface area contributed by atoms with Crippen molar-refractivity contribution in [1.29, 1.82) is 0 Å². The first-order valence-electron chi connectivity index (χ1n) is 14.8. The number of nitrogens with zero attached hydrogens (tertiary/aromatic N) is 1. The van der Waals surface area contributed by atoms with E-state index in [1.54, 1.807) is 21.1 Å². The van der Waals surface area contributed by atoms with Crippen molar-refractivity contribution < 1.29 is 37.8 Å². The number of hydrogen-bond acceptors (Lipinski definition) is 6. The average Bonchev–Trinajstić information content (AvgIpc) is 2.85. The maximum Gasteiger partial charge on any atom is 0.387 e. The van der Waals surface area contributed by atoms with Crippen LogP contribution in [0, 0.1) is 0 Å². The Morgan fingerprint density at radius 2 is 1.46 bits per heavy atom. The molecule has 0 aliphatic rings. The minimum Gasteiger partial charge on any atom is -0.493 e. The lowest BCUT2D eigenvalue weighted by molar-refractivity contribution is -0.883. The van der Waals surface area contributed by atoms with Gasteiger partial charge in [-0.2, -0.15) is 0 Å². The monoisotopic (exact) mass is 572 g/mol. The van der Waals surface area contributed by atoms with Crippen LogP contribution in [0.3, 0.4) is 0 Å². The van der Waals surface area contributed by atoms with Crippen LogP contribution >= 0.6 is 7.60 Å². The summed E-state index contributed by atoms with van der Waals surface area (Å²) in [4.78, 5) is 22.2. The summed E-state index contributed by atoms with van der Waals surface area (Å²) in [6.45, 7) is 3.38. The number of ether oxygens (including phenoxy) is 2. The summed E-state index contributed by atoms with van der Waals surface area (Å²) in [5.74, 6) is -0.803. The van der Waals surface area contributed by atoms with Crippen LogP contribution in [0.4, 0.5) is 0 Å². The lowest BCUT2D eigenvalue weighted by atomic mass is 10.1. The molecule has 0 aliphatic carbocycles. The minimum atomic E-state index is -4.18. The first-order valence-corrected chi connectivity index (χ1v) is 16.4. The van der Waals surface area contributed by atoms with E-state index in [1.165, 1.54) is 71.1 Å². The SMILES string of the molecule is CCCCCCCCCCCCCCOc1ccccc1CC(COP(=O)(O)C(CO)[N+](C)(C)C)OC(C)=O. The average molecular weight is 573 g/mol. The Labute approximate surface area is 237 Å². The molecule has 0 spiro atoms. The molecule has 9 heteroatoms. The van der Waals surface area contributed by atoms with Crippen LogP contribution in [-0.2, 0) is 25.0 Å². The van der Waals surface area contributed by atoms with Gasteiger partial charge in [0.1, 0.15) is 18.5 Å². The van der Waals surface area contributed by atoms with Crippen LogP contribution in [0.15, 0.2) is 24.3 Å². The predicted molar refractivity (Wildman–Crippen MR) is 157 cm³/mol. The topological polar surface area (TPSA) is 102 Å². The fraction of sp³-hybridized carbons (Fsp3) is 0.767. The maximum atomic E-state index is 12.8. The second-order valence-electron chi connectivity index (χ2n) is 11.4. The Morgan fingerprint density at radius 1 is 0.923 bits per heavy atom. The van der Waals surface area contributed by atoms with Crippen LogP contribution in [-0.4, -0.2) is 73.3 Å². The number of carbonyl (C=O) groups is 1. The summed E-state index contributed by atoms with van der Waals surface area (Å²) in [6.07, 6.45) is 14.9. The van der Waals surface area contributed by atoms with Gasteiger partial charge in [0.2, 0.25) is 5.78 Å². The highest BCUT2D eigenvalue weighted by Gasteiger charge is 2.43. The van der Waals surface area contributed by atoms with E-state index in [2.05, 4.69) is 6.92 Å². The number of unbranched alkanes of at least 4 members (excludes halogenated alkanes) is 11. The molecule has 3 unspecified atom stereocenters. The number of quaternary nitrogens is 1. The molecule has 226 valence electrons. The van der Waals surface area contributed by atoms with E-state index in [4.69, 9.17) is 14.0 Å². The molecule has 8 nitrogen and oxygen atoms in total. The Morgan fingerprint density at radius 3 is 1.97 bits per heavy atom. The highest BCUT2D eigenvalue weighted by atomic mass is 31.2. The van der Waals surface area contributed by atoms with E-state index < -0.39 is 32.1 Å². The van der Waals surface area contributed by atoms with Gasteiger partial charge in [-0.05, 0) is 18.1 Å². The van der Waals surface area contributed by atoms with Crippen LogP contribution in [0.5, 0.6) is 5.75 Å². The number of aliphatic hydroxyl groups is 1. The number of aliphatic hydroxyl groups excluding tert-OH is 1. The van der Waals surface area contributed by atoms with Crippen LogP contribution in [0.25, 0.3) is 0 Å². The first-order chi connectivity index (χ1) is 18.5. The van der Waals surface area contributed by atoms with Crippen molar-refractivity contribution in [3.63, 3.8) is 0 Å². The summed E-state index contributed by atoms with van der Waals surface area (Å²) in [5.41, 5.74) is 0.837. The summed E-state index contributed by atoms with van der Waals surface area (Å²) in [6, 6.07) is 7.56. The third kappa shape index (κ3) is 15.8. The van der Waals surface area contributed by atoms with E-state index in [9.17, 15) is 19.4 Å². The maximum absolute atomic E-state index is 12.8. The molecule has 2 N–H and O–H groups in total. The fourth-order valence-corrected chi connectivity index (χ4v) is 6.25. The molecule has 0 saturated heterocycles. The highest BCUT2D eigenvalue weighted by molar-refractivity contribution is 7.53. The van der Waals surface area contributed by atoms with Crippen LogP contribution in [0.2, 0.25) is 0 Å². The number of likely N-dealkylation sites (N-methyl/N-ethyl adjacent to an activating group) is 1. The molecular weight excluding hydrogens is 517 g/mol. The van der Waals surface area contributed by atoms with Gasteiger partial charge < -0.3 is 28.5 Å². The molecule has 3 atom stereocenters. The summed E-state index contributed by atoms with van der Waals surface area (Å²) in [7, 11) is 0.945. The minimum absolute atomic E-state index is 0.0539. The molecule has 39 heavy (non-hydrogen) atoms. The van der Waals surface area contributed by atoms with Gasteiger partial charge in [0, 0.05) is 13.3 Å². The largest absolute Gasteiger partial charge is 0.493 e.